The normalized spacial score (nSPS) is 9.82. The van der Waals surface area contributed by atoms with E-state index in [0.29, 0.717) is 0 Å². The van der Waals surface area contributed by atoms with Crippen LogP contribution in [0.2, 0.25) is 0 Å². The van der Waals surface area contributed by atoms with Crippen LogP contribution in [0.5, 0.6) is 5.75 Å². The van der Waals surface area contributed by atoms with E-state index < -0.39 is 0 Å². The van der Waals surface area contributed by atoms with Gasteiger partial charge in [0, 0.05) is 5.69 Å². The van der Waals surface area contributed by atoms with E-state index >= 15 is 0 Å². The summed E-state index contributed by atoms with van der Waals surface area (Å²) in [5, 5.41) is 0. The standard InChI is InChI=1S/C9H13NO/c1-6-7(2)9(11-4)5-10-8(6)3/h5H,1-4H3. The lowest BCUT2D eigenvalue weighted by molar-refractivity contribution is 0.409. The maximum absolute atomic E-state index is 5.12. The van der Waals surface area contributed by atoms with Gasteiger partial charge in [-0.25, -0.2) is 0 Å². The van der Waals surface area contributed by atoms with Crippen LogP contribution in [0.1, 0.15) is 16.8 Å². The first kappa shape index (κ1) is 8.05. The Balaban J connectivity index is 3.25. The van der Waals surface area contributed by atoms with Crippen LogP contribution in [0.3, 0.4) is 0 Å². The predicted octanol–water partition coefficient (Wildman–Crippen LogP) is 2.02. The molecule has 0 atom stereocenters. The highest BCUT2D eigenvalue weighted by Gasteiger charge is 2.03. The molecule has 0 spiro atoms. The Labute approximate surface area is 67.2 Å². The van der Waals surface area contributed by atoms with Crippen LogP contribution in [0.25, 0.3) is 0 Å². The molecule has 0 aliphatic carbocycles. The molecule has 0 radical (unpaired) electrons. The number of pyridine rings is 1. The molecule has 0 amide bonds. The van der Waals surface area contributed by atoms with Crippen molar-refractivity contribution in [1.82, 2.24) is 4.98 Å². The van der Waals surface area contributed by atoms with Crippen molar-refractivity contribution in [1.29, 1.82) is 0 Å². The van der Waals surface area contributed by atoms with Gasteiger partial charge >= 0.3 is 0 Å². The van der Waals surface area contributed by atoms with E-state index in [1.54, 1.807) is 13.3 Å². The minimum absolute atomic E-state index is 0.869. The van der Waals surface area contributed by atoms with Gasteiger partial charge in [-0.1, -0.05) is 0 Å². The summed E-state index contributed by atoms with van der Waals surface area (Å²) in [5.74, 6) is 0.869. The third-order valence-electron chi connectivity index (χ3n) is 2.07. The highest BCUT2D eigenvalue weighted by molar-refractivity contribution is 5.38. The van der Waals surface area contributed by atoms with Crippen molar-refractivity contribution in [2.75, 3.05) is 7.11 Å². The SMILES string of the molecule is COc1cnc(C)c(C)c1C. The lowest BCUT2D eigenvalue weighted by Crippen LogP contribution is -1.94. The van der Waals surface area contributed by atoms with E-state index in [2.05, 4.69) is 11.9 Å². The Morgan fingerprint density at radius 2 is 1.82 bits per heavy atom. The fraction of sp³-hybridized carbons (Fsp3) is 0.444. The zero-order valence-electron chi connectivity index (χ0n) is 7.43. The molecule has 0 aliphatic heterocycles. The maximum atomic E-state index is 5.12. The molecule has 0 N–H and O–H groups in total. The molecule has 0 aliphatic rings. The molecule has 1 heterocycles. The monoisotopic (exact) mass is 151 g/mol. The Morgan fingerprint density at radius 1 is 1.18 bits per heavy atom. The van der Waals surface area contributed by atoms with Crippen molar-refractivity contribution in [2.45, 2.75) is 20.8 Å². The molecule has 0 fully saturated rings. The first-order valence-corrected chi connectivity index (χ1v) is 3.63. The number of rotatable bonds is 1. The van der Waals surface area contributed by atoms with Gasteiger partial charge in [-0.3, -0.25) is 4.98 Å². The van der Waals surface area contributed by atoms with Gasteiger partial charge in [-0.2, -0.15) is 0 Å². The summed E-state index contributed by atoms with van der Waals surface area (Å²) >= 11 is 0. The molecule has 0 unspecified atom stereocenters. The van der Waals surface area contributed by atoms with Crippen LogP contribution in [0.4, 0.5) is 0 Å². The quantitative estimate of drug-likeness (QED) is 0.612. The van der Waals surface area contributed by atoms with Crippen molar-refractivity contribution in [2.24, 2.45) is 0 Å². The minimum atomic E-state index is 0.869. The second-order valence-electron chi connectivity index (χ2n) is 2.66. The highest BCUT2D eigenvalue weighted by atomic mass is 16.5. The second-order valence-corrected chi connectivity index (χ2v) is 2.66. The molecule has 0 saturated carbocycles. The number of aromatic nitrogens is 1. The van der Waals surface area contributed by atoms with Gasteiger partial charge in [-0.05, 0) is 31.9 Å². The molecule has 2 nitrogen and oxygen atoms in total. The van der Waals surface area contributed by atoms with E-state index in [4.69, 9.17) is 4.74 Å². The fourth-order valence-electron chi connectivity index (χ4n) is 1.01. The van der Waals surface area contributed by atoms with Crippen molar-refractivity contribution in [3.05, 3.63) is 23.0 Å². The Kier molecular flexibility index (Phi) is 2.13. The summed E-state index contributed by atoms with van der Waals surface area (Å²) in [5.41, 5.74) is 3.47. The number of methoxy groups -OCH3 is 1. The average Bonchev–Trinajstić information content (AvgIpc) is 2.01. The van der Waals surface area contributed by atoms with Crippen LogP contribution in [0, 0.1) is 20.8 Å². The third kappa shape index (κ3) is 1.34. The Bertz CT molecular complexity index is 269. The highest BCUT2D eigenvalue weighted by Crippen LogP contribution is 2.20. The van der Waals surface area contributed by atoms with Crippen LogP contribution >= 0.6 is 0 Å². The summed E-state index contributed by atoms with van der Waals surface area (Å²) in [4.78, 5) is 4.19. The van der Waals surface area contributed by atoms with Crippen molar-refractivity contribution in [3.8, 4) is 5.75 Å². The lowest BCUT2D eigenvalue weighted by atomic mass is 10.1. The summed E-state index contributed by atoms with van der Waals surface area (Å²) in [7, 11) is 1.67. The van der Waals surface area contributed by atoms with Crippen molar-refractivity contribution >= 4 is 0 Å². The molecule has 1 aromatic rings. The van der Waals surface area contributed by atoms with Gasteiger partial charge in [0.15, 0.2) is 0 Å². The van der Waals surface area contributed by atoms with Gasteiger partial charge in [0.25, 0.3) is 0 Å². The maximum Gasteiger partial charge on any atom is 0.140 e. The zero-order valence-corrected chi connectivity index (χ0v) is 7.43. The molecule has 0 saturated heterocycles. The molecule has 1 aromatic heterocycles. The molecule has 60 valence electrons. The Morgan fingerprint density at radius 3 is 2.36 bits per heavy atom. The molecular weight excluding hydrogens is 138 g/mol. The summed E-state index contributed by atoms with van der Waals surface area (Å²) in [6.07, 6.45) is 1.76. The van der Waals surface area contributed by atoms with E-state index in [9.17, 15) is 0 Å². The Hall–Kier alpha value is -1.05. The molecule has 0 bridgehead atoms. The van der Waals surface area contributed by atoms with Gasteiger partial charge in [0.2, 0.25) is 0 Å². The fourth-order valence-corrected chi connectivity index (χ4v) is 1.01. The van der Waals surface area contributed by atoms with Crippen LogP contribution in [-0.4, -0.2) is 12.1 Å². The number of aryl methyl sites for hydroxylation is 1. The van der Waals surface area contributed by atoms with E-state index in [1.807, 2.05) is 13.8 Å². The number of hydrogen-bond acceptors (Lipinski definition) is 2. The number of nitrogens with zero attached hydrogens (tertiary/aromatic N) is 1. The third-order valence-corrected chi connectivity index (χ3v) is 2.07. The molecule has 2 heteroatoms. The minimum Gasteiger partial charge on any atom is -0.495 e. The molecule has 11 heavy (non-hydrogen) atoms. The van der Waals surface area contributed by atoms with Crippen LogP contribution < -0.4 is 4.74 Å². The summed E-state index contributed by atoms with van der Waals surface area (Å²) in [6, 6.07) is 0. The van der Waals surface area contributed by atoms with E-state index in [-0.39, 0.29) is 0 Å². The summed E-state index contributed by atoms with van der Waals surface area (Å²) in [6.45, 7) is 6.10. The summed E-state index contributed by atoms with van der Waals surface area (Å²) < 4.78 is 5.12. The van der Waals surface area contributed by atoms with Gasteiger partial charge in [-0.15, -0.1) is 0 Å². The first-order valence-electron chi connectivity index (χ1n) is 3.63. The second kappa shape index (κ2) is 2.91. The average molecular weight is 151 g/mol. The van der Waals surface area contributed by atoms with Crippen LogP contribution in [-0.2, 0) is 0 Å². The zero-order chi connectivity index (χ0) is 8.43. The molecule has 0 aromatic carbocycles. The first-order chi connectivity index (χ1) is 5.16. The van der Waals surface area contributed by atoms with E-state index in [1.165, 1.54) is 11.1 Å². The van der Waals surface area contributed by atoms with Crippen LogP contribution in [0.15, 0.2) is 6.20 Å². The largest absolute Gasteiger partial charge is 0.495 e. The van der Waals surface area contributed by atoms with Crippen molar-refractivity contribution < 1.29 is 4.74 Å². The van der Waals surface area contributed by atoms with E-state index in [0.717, 1.165) is 11.4 Å². The predicted molar refractivity (Wildman–Crippen MR) is 45.0 cm³/mol. The number of hydrogen-bond donors (Lipinski definition) is 0. The molecule has 1 rings (SSSR count). The van der Waals surface area contributed by atoms with Gasteiger partial charge in [0.05, 0.1) is 13.3 Å². The smallest absolute Gasteiger partial charge is 0.140 e. The molecular formula is C9H13NO. The van der Waals surface area contributed by atoms with Gasteiger partial charge < -0.3 is 4.74 Å². The number of ether oxygens (including phenoxy) is 1. The topological polar surface area (TPSA) is 22.1 Å². The lowest BCUT2D eigenvalue weighted by Gasteiger charge is -2.07. The van der Waals surface area contributed by atoms with Crippen molar-refractivity contribution in [3.63, 3.8) is 0 Å². The van der Waals surface area contributed by atoms with Gasteiger partial charge in [0.1, 0.15) is 5.75 Å².